The summed E-state index contributed by atoms with van der Waals surface area (Å²) in [4.78, 5) is 27.6. The monoisotopic (exact) mass is 367 g/mol. The van der Waals surface area contributed by atoms with Crippen molar-refractivity contribution in [2.75, 3.05) is 32.0 Å². The first-order valence-corrected chi connectivity index (χ1v) is 9.89. The molecular formula is C16H21N3O5S. The molecular weight excluding hydrogens is 346 g/mol. The second-order valence-corrected chi connectivity index (χ2v) is 8.26. The van der Waals surface area contributed by atoms with Gasteiger partial charge in [0.05, 0.1) is 11.3 Å². The van der Waals surface area contributed by atoms with E-state index in [0.717, 1.165) is 12.8 Å². The van der Waals surface area contributed by atoms with Crippen molar-refractivity contribution in [2.45, 2.75) is 19.8 Å². The van der Waals surface area contributed by atoms with Crippen molar-refractivity contribution in [2.24, 2.45) is 10.3 Å². The lowest BCUT2D eigenvalue weighted by Gasteiger charge is -2.30. The van der Waals surface area contributed by atoms with Crippen LogP contribution in [0.2, 0.25) is 0 Å². The molecule has 0 aromatic heterocycles. The van der Waals surface area contributed by atoms with Gasteiger partial charge in [-0.2, -0.15) is 0 Å². The maximum Gasteiger partial charge on any atom is 0.340 e. The third-order valence-electron chi connectivity index (χ3n) is 4.40. The Morgan fingerprint density at radius 1 is 1.32 bits per heavy atom. The van der Waals surface area contributed by atoms with Gasteiger partial charge in [0.2, 0.25) is 0 Å². The summed E-state index contributed by atoms with van der Waals surface area (Å²) in [6, 6.07) is 0. The van der Waals surface area contributed by atoms with E-state index >= 15 is 0 Å². The number of ether oxygens (including phenoxy) is 1. The Hall–Kier alpha value is -2.16. The quantitative estimate of drug-likeness (QED) is 0.665. The highest BCUT2D eigenvalue weighted by Crippen LogP contribution is 2.18. The number of amides is 1. The molecule has 3 aliphatic rings. The number of carbonyl (C=O) groups excluding carboxylic acids is 2. The van der Waals surface area contributed by atoms with Crippen LogP contribution in [0.5, 0.6) is 0 Å². The first kappa shape index (κ1) is 17.7. The molecule has 9 heteroatoms. The van der Waals surface area contributed by atoms with Crippen LogP contribution in [0.4, 0.5) is 0 Å². The highest BCUT2D eigenvalue weighted by atomic mass is 32.2. The number of rotatable bonds is 3. The largest absolute Gasteiger partial charge is 0.452 e. The number of hydrogen-bond acceptors (Lipinski definition) is 6. The molecule has 0 aromatic carbocycles. The maximum absolute atomic E-state index is 12.2. The van der Waals surface area contributed by atoms with Crippen molar-refractivity contribution in [3.8, 4) is 0 Å². The lowest BCUT2D eigenvalue weighted by molar-refractivity contribution is -0.149. The number of fused-ring (bicyclic) bond motifs is 1. The molecule has 0 aromatic rings. The third kappa shape index (κ3) is 4.28. The Morgan fingerprint density at radius 2 is 2.12 bits per heavy atom. The minimum Gasteiger partial charge on any atom is -0.452 e. The van der Waals surface area contributed by atoms with Crippen molar-refractivity contribution in [1.29, 1.82) is 0 Å². The normalized spacial score (nSPS) is 24.9. The lowest BCUT2D eigenvalue weighted by Crippen LogP contribution is -2.41. The van der Waals surface area contributed by atoms with Crippen LogP contribution in [0, 0.1) is 5.92 Å². The predicted molar refractivity (Wildman–Crippen MR) is 91.1 cm³/mol. The number of piperidine rings is 1. The molecule has 1 fully saturated rings. The number of nitrogens with zero attached hydrogens (tertiary/aromatic N) is 3. The molecule has 1 amide bonds. The van der Waals surface area contributed by atoms with Crippen LogP contribution in [0.15, 0.2) is 28.3 Å². The molecule has 0 aliphatic carbocycles. The van der Waals surface area contributed by atoms with Crippen molar-refractivity contribution in [3.63, 3.8) is 0 Å². The number of amidine groups is 1. The highest BCUT2D eigenvalue weighted by Gasteiger charge is 2.26. The van der Waals surface area contributed by atoms with Crippen LogP contribution in [0.25, 0.3) is 0 Å². The second kappa shape index (κ2) is 6.99. The molecule has 0 radical (unpaired) electrons. The van der Waals surface area contributed by atoms with E-state index in [1.165, 1.54) is 18.4 Å². The summed E-state index contributed by atoms with van der Waals surface area (Å²) in [6.45, 7) is 3.44. The molecule has 0 saturated carbocycles. The van der Waals surface area contributed by atoms with E-state index in [9.17, 15) is 18.0 Å². The van der Waals surface area contributed by atoms with Gasteiger partial charge in [0, 0.05) is 25.8 Å². The average Bonchev–Trinajstić information content (AvgIpc) is 2.58. The van der Waals surface area contributed by atoms with Crippen molar-refractivity contribution in [1.82, 2.24) is 9.80 Å². The number of likely N-dealkylation sites (tertiary alicyclic amines) is 1. The minimum absolute atomic E-state index is 0.102. The fraction of sp³-hybridized carbons (Fsp3) is 0.562. The predicted octanol–water partition coefficient (Wildman–Crippen LogP) is 0.286. The van der Waals surface area contributed by atoms with Crippen molar-refractivity contribution < 1.29 is 22.7 Å². The summed E-state index contributed by atoms with van der Waals surface area (Å²) in [5.74, 6) is -0.158. The summed E-state index contributed by atoms with van der Waals surface area (Å²) in [6.07, 6.45) is 6.49. The first-order valence-electron chi connectivity index (χ1n) is 8.28. The van der Waals surface area contributed by atoms with Gasteiger partial charge < -0.3 is 14.5 Å². The summed E-state index contributed by atoms with van der Waals surface area (Å²) >= 11 is 0. The molecule has 8 nitrogen and oxygen atoms in total. The lowest BCUT2D eigenvalue weighted by atomic mass is 10.0. The van der Waals surface area contributed by atoms with Gasteiger partial charge in [-0.3, -0.25) is 4.79 Å². The molecule has 0 N–H and O–H groups in total. The molecule has 25 heavy (non-hydrogen) atoms. The van der Waals surface area contributed by atoms with Gasteiger partial charge in [-0.25, -0.2) is 13.2 Å². The Balaban J connectivity index is 1.57. The smallest absolute Gasteiger partial charge is 0.340 e. The first-order chi connectivity index (χ1) is 11.8. The van der Waals surface area contributed by atoms with Gasteiger partial charge in [-0.05, 0) is 30.9 Å². The van der Waals surface area contributed by atoms with E-state index in [2.05, 4.69) is 11.3 Å². The number of carbonyl (C=O) groups is 2. The molecule has 3 aliphatic heterocycles. The molecule has 1 unspecified atom stereocenters. The molecule has 1 saturated heterocycles. The van der Waals surface area contributed by atoms with Gasteiger partial charge in [-0.1, -0.05) is 6.92 Å². The maximum atomic E-state index is 12.2. The van der Waals surface area contributed by atoms with Gasteiger partial charge in [0.15, 0.2) is 6.61 Å². The van der Waals surface area contributed by atoms with E-state index in [-0.39, 0.29) is 36.2 Å². The average molecular weight is 367 g/mol. The second-order valence-electron chi connectivity index (χ2n) is 6.51. The summed E-state index contributed by atoms with van der Waals surface area (Å²) in [7, 11) is -3.43. The van der Waals surface area contributed by atoms with E-state index in [1.54, 1.807) is 9.80 Å². The summed E-state index contributed by atoms with van der Waals surface area (Å²) in [5, 5.41) is 0. The Labute approximate surface area is 146 Å². The molecule has 136 valence electrons. The molecule has 3 heterocycles. The van der Waals surface area contributed by atoms with Gasteiger partial charge in [-0.15, -0.1) is 4.40 Å². The van der Waals surface area contributed by atoms with Gasteiger partial charge in [0.25, 0.3) is 15.9 Å². The highest BCUT2D eigenvalue weighted by molar-refractivity contribution is 7.90. The van der Waals surface area contributed by atoms with E-state index < -0.39 is 16.0 Å². The van der Waals surface area contributed by atoms with E-state index in [4.69, 9.17) is 4.74 Å². The van der Waals surface area contributed by atoms with Crippen molar-refractivity contribution in [3.05, 3.63) is 23.9 Å². The van der Waals surface area contributed by atoms with Crippen LogP contribution in [-0.2, 0) is 24.3 Å². The number of hydrogen-bond donors (Lipinski definition) is 0. The van der Waals surface area contributed by atoms with E-state index in [0.29, 0.717) is 19.0 Å². The zero-order chi connectivity index (χ0) is 18.0. The Morgan fingerprint density at radius 3 is 2.88 bits per heavy atom. The third-order valence-corrected chi connectivity index (χ3v) is 5.56. The van der Waals surface area contributed by atoms with Crippen LogP contribution in [0.3, 0.4) is 0 Å². The molecule has 0 spiro atoms. The molecule has 3 rings (SSSR count). The van der Waals surface area contributed by atoms with Crippen LogP contribution in [-0.4, -0.2) is 67.9 Å². The molecule has 1 atom stereocenters. The Bertz CT molecular complexity index is 769. The van der Waals surface area contributed by atoms with E-state index in [1.807, 2.05) is 0 Å². The summed E-state index contributed by atoms with van der Waals surface area (Å²) < 4.78 is 31.7. The van der Waals surface area contributed by atoms with Gasteiger partial charge >= 0.3 is 5.97 Å². The van der Waals surface area contributed by atoms with Crippen molar-refractivity contribution >= 4 is 27.7 Å². The number of esters is 1. The number of sulfonamides is 1. The zero-order valence-corrected chi connectivity index (χ0v) is 14.9. The molecule has 0 bridgehead atoms. The minimum atomic E-state index is -3.43. The summed E-state index contributed by atoms with van der Waals surface area (Å²) in [5.41, 5.74) is 0.262. The van der Waals surface area contributed by atoms with Crippen LogP contribution >= 0.6 is 0 Å². The SMILES string of the molecule is CC1CCCN(C(=O)COC(=O)C2=CN3CCS(=O)(=O)N=C3C=C2)C1. The Kier molecular flexibility index (Phi) is 4.94. The topological polar surface area (TPSA) is 96.4 Å². The zero-order valence-electron chi connectivity index (χ0n) is 14.1. The van der Waals surface area contributed by atoms with Crippen LogP contribution < -0.4 is 0 Å². The standard InChI is InChI=1S/C16H21N3O5S/c1-12-3-2-6-19(9-12)15(20)11-24-16(21)13-4-5-14-17-25(22,23)8-7-18(14)10-13/h4-5,10,12H,2-3,6-9,11H2,1H3. The fourth-order valence-electron chi connectivity index (χ4n) is 3.04. The van der Waals surface area contributed by atoms with Gasteiger partial charge in [0.1, 0.15) is 5.84 Å². The fourth-order valence-corrected chi connectivity index (χ4v) is 4.01. The van der Waals surface area contributed by atoms with Crippen LogP contribution in [0.1, 0.15) is 19.8 Å².